The van der Waals surface area contributed by atoms with Crippen molar-refractivity contribution in [2.24, 2.45) is 11.3 Å². The molecule has 0 unspecified atom stereocenters. The fourth-order valence-corrected chi connectivity index (χ4v) is 5.84. The van der Waals surface area contributed by atoms with Gasteiger partial charge in [0.1, 0.15) is 0 Å². The van der Waals surface area contributed by atoms with E-state index in [0.29, 0.717) is 0 Å². The Morgan fingerprint density at radius 3 is 2.53 bits per heavy atom. The molecular formula is C27H35N3O2. The topological polar surface area (TPSA) is 54.5 Å². The van der Waals surface area contributed by atoms with Gasteiger partial charge in [0.15, 0.2) is 0 Å². The van der Waals surface area contributed by atoms with Crippen LogP contribution in [0.5, 0.6) is 0 Å². The fourth-order valence-electron chi connectivity index (χ4n) is 5.84. The normalized spacial score (nSPS) is 24.2. The Bertz CT molecular complexity index is 931. The molecule has 2 saturated heterocycles. The monoisotopic (exact) mass is 433 g/mol. The Balaban J connectivity index is 1.15. The number of hydrogen-bond acceptors (Lipinski definition) is 4. The maximum Gasteiger partial charge on any atom is 0.223 e. The highest BCUT2D eigenvalue weighted by Crippen LogP contribution is 2.59. The van der Waals surface area contributed by atoms with Gasteiger partial charge in [-0.05, 0) is 75.2 Å². The van der Waals surface area contributed by atoms with E-state index < -0.39 is 0 Å². The summed E-state index contributed by atoms with van der Waals surface area (Å²) in [5.74, 6) is 0.454. The number of likely N-dealkylation sites (tertiary alicyclic amines) is 1. The zero-order chi connectivity index (χ0) is 22.0. The van der Waals surface area contributed by atoms with E-state index in [1.807, 2.05) is 13.0 Å². The minimum atomic E-state index is 0.00139. The average Bonchev–Trinajstić information content (AvgIpc) is 3.54. The number of benzene rings is 1. The molecule has 1 aliphatic carbocycles. The number of nitrogens with one attached hydrogen (secondary N) is 1. The number of nitrogens with zero attached hydrogens (tertiary/aromatic N) is 2. The van der Waals surface area contributed by atoms with Crippen molar-refractivity contribution >= 4 is 5.91 Å². The Kier molecular flexibility index (Phi) is 6.04. The van der Waals surface area contributed by atoms with Gasteiger partial charge in [-0.2, -0.15) is 0 Å². The third-order valence-electron chi connectivity index (χ3n) is 8.13. The van der Waals surface area contributed by atoms with Crippen molar-refractivity contribution in [1.29, 1.82) is 0 Å². The van der Waals surface area contributed by atoms with Gasteiger partial charge >= 0.3 is 0 Å². The molecule has 32 heavy (non-hydrogen) atoms. The van der Waals surface area contributed by atoms with Gasteiger partial charge in [-0.3, -0.25) is 14.7 Å². The molecule has 5 nitrogen and oxygen atoms in total. The van der Waals surface area contributed by atoms with Crippen molar-refractivity contribution in [3.8, 4) is 0 Å². The lowest BCUT2D eigenvalue weighted by molar-refractivity contribution is -0.124. The molecule has 3 aliphatic rings. The lowest BCUT2D eigenvalue weighted by Gasteiger charge is -2.38. The third kappa shape index (κ3) is 4.46. The SMILES string of the molecule is Cc1cccc(CN2CCC3(CC2)C[C@@H]3C(=O)NCC2(c3ccccc3)CCOCC2)n1. The molecule has 1 aromatic heterocycles. The predicted octanol–water partition coefficient (Wildman–Crippen LogP) is 3.86. The largest absolute Gasteiger partial charge is 0.381 e. The molecule has 170 valence electrons. The van der Waals surface area contributed by atoms with Crippen LogP contribution in [0.3, 0.4) is 0 Å². The van der Waals surface area contributed by atoms with Crippen LogP contribution in [-0.2, 0) is 21.5 Å². The Morgan fingerprint density at radius 1 is 1.06 bits per heavy atom. The van der Waals surface area contributed by atoms with Crippen molar-refractivity contribution < 1.29 is 9.53 Å². The first-order valence-corrected chi connectivity index (χ1v) is 12.1. The molecule has 1 saturated carbocycles. The number of hydrogen-bond donors (Lipinski definition) is 1. The third-order valence-corrected chi connectivity index (χ3v) is 8.13. The number of ether oxygens (including phenoxy) is 1. The van der Waals surface area contributed by atoms with E-state index in [-0.39, 0.29) is 22.7 Å². The molecule has 3 fully saturated rings. The summed E-state index contributed by atoms with van der Waals surface area (Å²) in [7, 11) is 0. The van der Waals surface area contributed by atoms with Crippen LogP contribution < -0.4 is 5.32 Å². The van der Waals surface area contributed by atoms with Crippen molar-refractivity contribution in [3.63, 3.8) is 0 Å². The van der Waals surface area contributed by atoms with Gasteiger partial charge in [0, 0.05) is 43.3 Å². The summed E-state index contributed by atoms with van der Waals surface area (Å²) in [6, 6.07) is 16.9. The molecule has 0 bridgehead atoms. The standard InChI is InChI=1S/C27H35N3O2/c1-21-6-5-9-23(29-21)19-30-14-10-26(11-15-30)18-24(26)25(31)28-20-27(12-16-32-17-13-27)22-7-3-2-4-8-22/h2-9,24H,10-20H2,1H3,(H,28,31)/t24-/m1/s1. The first-order valence-electron chi connectivity index (χ1n) is 12.1. The van der Waals surface area contributed by atoms with E-state index in [2.05, 4.69) is 57.7 Å². The van der Waals surface area contributed by atoms with Crippen molar-refractivity contribution in [3.05, 3.63) is 65.5 Å². The summed E-state index contributed by atoms with van der Waals surface area (Å²) in [5, 5.41) is 3.36. The van der Waals surface area contributed by atoms with Crippen LogP contribution in [0.25, 0.3) is 0 Å². The van der Waals surface area contributed by atoms with Crippen LogP contribution in [0.15, 0.2) is 48.5 Å². The van der Waals surface area contributed by atoms with E-state index in [1.165, 1.54) is 5.56 Å². The highest BCUT2D eigenvalue weighted by molar-refractivity contribution is 5.82. The average molecular weight is 434 g/mol. The van der Waals surface area contributed by atoms with Crippen molar-refractivity contribution in [1.82, 2.24) is 15.2 Å². The van der Waals surface area contributed by atoms with Crippen LogP contribution in [-0.4, -0.2) is 48.6 Å². The van der Waals surface area contributed by atoms with Crippen LogP contribution in [0.4, 0.5) is 0 Å². The van der Waals surface area contributed by atoms with Gasteiger partial charge in [0.05, 0.1) is 5.69 Å². The molecule has 1 spiro atoms. The molecule has 5 heteroatoms. The van der Waals surface area contributed by atoms with E-state index in [1.54, 1.807) is 0 Å². The zero-order valence-electron chi connectivity index (χ0n) is 19.2. The summed E-state index contributed by atoms with van der Waals surface area (Å²) in [6.45, 7) is 7.33. The highest BCUT2D eigenvalue weighted by atomic mass is 16.5. The Hall–Kier alpha value is -2.24. The van der Waals surface area contributed by atoms with E-state index in [9.17, 15) is 4.79 Å². The summed E-state index contributed by atoms with van der Waals surface area (Å²) in [5.41, 5.74) is 3.78. The second-order valence-electron chi connectivity index (χ2n) is 10.1. The van der Waals surface area contributed by atoms with E-state index >= 15 is 0 Å². The number of aryl methyl sites for hydroxylation is 1. The van der Waals surface area contributed by atoms with Crippen molar-refractivity contribution in [2.75, 3.05) is 32.8 Å². The summed E-state index contributed by atoms with van der Waals surface area (Å²) in [6.07, 6.45) is 5.23. The summed E-state index contributed by atoms with van der Waals surface area (Å²) in [4.78, 5) is 20.3. The minimum absolute atomic E-state index is 0.00139. The van der Waals surface area contributed by atoms with E-state index in [4.69, 9.17) is 4.74 Å². The molecule has 1 N–H and O–H groups in total. The molecule has 0 radical (unpaired) electrons. The Labute approximate surface area is 191 Å². The lowest BCUT2D eigenvalue weighted by atomic mass is 9.74. The highest BCUT2D eigenvalue weighted by Gasteiger charge is 2.58. The number of carbonyl (C=O) groups is 1. The number of rotatable bonds is 6. The van der Waals surface area contributed by atoms with Gasteiger partial charge in [-0.25, -0.2) is 0 Å². The van der Waals surface area contributed by atoms with E-state index in [0.717, 1.165) is 82.9 Å². The number of carbonyl (C=O) groups excluding carboxylic acids is 1. The fraction of sp³-hybridized carbons (Fsp3) is 0.556. The molecule has 1 atom stereocenters. The number of aromatic nitrogens is 1. The molecule has 1 amide bonds. The first kappa shape index (κ1) is 21.6. The van der Waals surface area contributed by atoms with Gasteiger partial charge in [0.25, 0.3) is 0 Å². The Morgan fingerprint density at radius 2 is 1.81 bits per heavy atom. The summed E-state index contributed by atoms with van der Waals surface area (Å²) >= 11 is 0. The van der Waals surface area contributed by atoms with Crippen LogP contribution in [0, 0.1) is 18.3 Å². The van der Waals surface area contributed by atoms with Gasteiger partial charge < -0.3 is 10.1 Å². The summed E-state index contributed by atoms with van der Waals surface area (Å²) < 4.78 is 5.64. The first-order chi connectivity index (χ1) is 15.6. The maximum absolute atomic E-state index is 13.1. The second kappa shape index (κ2) is 8.95. The second-order valence-corrected chi connectivity index (χ2v) is 10.1. The van der Waals surface area contributed by atoms with Crippen LogP contribution >= 0.6 is 0 Å². The van der Waals surface area contributed by atoms with Crippen LogP contribution in [0.2, 0.25) is 0 Å². The minimum Gasteiger partial charge on any atom is -0.381 e. The molecule has 1 aromatic carbocycles. The quantitative estimate of drug-likeness (QED) is 0.752. The van der Waals surface area contributed by atoms with Gasteiger partial charge in [0.2, 0.25) is 5.91 Å². The van der Waals surface area contributed by atoms with Gasteiger partial charge in [-0.1, -0.05) is 36.4 Å². The van der Waals surface area contributed by atoms with Crippen molar-refractivity contribution in [2.45, 2.75) is 51.0 Å². The lowest BCUT2D eigenvalue weighted by Crippen LogP contribution is -2.45. The molecule has 5 rings (SSSR count). The predicted molar refractivity (Wildman–Crippen MR) is 125 cm³/mol. The number of piperidine rings is 1. The van der Waals surface area contributed by atoms with Gasteiger partial charge in [-0.15, -0.1) is 0 Å². The number of pyridine rings is 1. The molecule has 2 aromatic rings. The molecule has 2 aliphatic heterocycles. The van der Waals surface area contributed by atoms with Crippen LogP contribution in [0.1, 0.15) is 49.1 Å². The smallest absolute Gasteiger partial charge is 0.223 e. The molecular weight excluding hydrogens is 398 g/mol. The maximum atomic E-state index is 13.1. The zero-order valence-corrected chi connectivity index (χ0v) is 19.2. The molecule has 3 heterocycles. The number of amides is 1.